The summed E-state index contributed by atoms with van der Waals surface area (Å²) in [7, 11) is 0. The molecule has 0 fully saturated rings. The molecule has 0 radical (unpaired) electrons. The first-order valence-electron chi connectivity index (χ1n) is 5.17. The Hall–Kier alpha value is -1.44. The van der Waals surface area contributed by atoms with Gasteiger partial charge in [-0.3, -0.25) is 9.59 Å². The minimum atomic E-state index is -1.46. The maximum Gasteiger partial charge on any atom is 0.320 e. The first kappa shape index (κ1) is 13.6. The molecule has 17 heavy (non-hydrogen) atoms. The van der Waals surface area contributed by atoms with Crippen molar-refractivity contribution in [2.45, 2.75) is 31.7 Å². The third-order valence-corrected chi connectivity index (χ3v) is 2.45. The van der Waals surface area contributed by atoms with Crippen molar-refractivity contribution in [3.8, 4) is 0 Å². The molecular weight excluding hydrogens is 228 g/mol. The van der Waals surface area contributed by atoms with Crippen molar-refractivity contribution in [2.75, 3.05) is 6.61 Å². The summed E-state index contributed by atoms with van der Waals surface area (Å²) in [6, 6.07) is -1.27. The number of nitrogens with one attached hydrogen (secondary N) is 1. The van der Waals surface area contributed by atoms with Crippen LogP contribution in [0.3, 0.4) is 0 Å². The second kappa shape index (κ2) is 5.76. The summed E-state index contributed by atoms with van der Waals surface area (Å²) in [6.07, 6.45) is -0.548. The molecule has 0 aromatic rings. The van der Waals surface area contributed by atoms with Gasteiger partial charge in [0.05, 0.1) is 6.61 Å². The summed E-state index contributed by atoms with van der Waals surface area (Å²) in [5.74, 6) is -1.95. The number of aliphatic carboxylic acids is 1. The molecule has 0 aliphatic carbocycles. The molecule has 0 unspecified atom stereocenters. The lowest BCUT2D eigenvalue weighted by atomic mass is 10.1. The summed E-state index contributed by atoms with van der Waals surface area (Å²) in [6.45, 7) is 2.19. The van der Waals surface area contributed by atoms with Crippen LogP contribution in [-0.2, 0) is 14.3 Å². The van der Waals surface area contributed by atoms with Crippen LogP contribution in [0.4, 0.5) is 0 Å². The van der Waals surface area contributed by atoms with E-state index in [9.17, 15) is 14.7 Å². The van der Waals surface area contributed by atoms with Crippen LogP contribution in [-0.4, -0.2) is 47.1 Å². The highest BCUT2D eigenvalue weighted by molar-refractivity contribution is 5.82. The van der Waals surface area contributed by atoms with Crippen molar-refractivity contribution in [3.63, 3.8) is 0 Å². The Bertz CT molecular complexity index is 342. The quantitative estimate of drug-likeness (QED) is 0.440. The van der Waals surface area contributed by atoms with E-state index >= 15 is 0 Å². The number of carboxylic acids is 1. The molecule has 1 aliphatic heterocycles. The first-order chi connectivity index (χ1) is 7.91. The molecule has 0 saturated heterocycles. The third-order valence-electron chi connectivity index (χ3n) is 2.45. The van der Waals surface area contributed by atoms with Gasteiger partial charge in [-0.25, -0.2) is 0 Å². The number of carbonyl (C=O) groups is 2. The Morgan fingerprint density at radius 3 is 2.82 bits per heavy atom. The van der Waals surface area contributed by atoms with Crippen molar-refractivity contribution in [2.24, 2.45) is 5.73 Å². The smallest absolute Gasteiger partial charge is 0.320 e. The van der Waals surface area contributed by atoms with Crippen LogP contribution in [0.15, 0.2) is 11.6 Å². The van der Waals surface area contributed by atoms with Gasteiger partial charge in [0.15, 0.2) is 6.23 Å². The standard InChI is InChI=1S/C10H16N2O5/c1-5-2-3-17-9(5)12-8(14)7(13)4-6(11)10(15)16/h2,6-7,9,13H,3-4,11H2,1H3,(H,12,14)(H,15,16)/t6-,7+,9+/m1/s1. The lowest BCUT2D eigenvalue weighted by Gasteiger charge is -2.18. The molecule has 0 aromatic carbocycles. The van der Waals surface area contributed by atoms with E-state index in [0.29, 0.717) is 6.61 Å². The minimum absolute atomic E-state index is 0.337. The van der Waals surface area contributed by atoms with Crippen LogP contribution in [0, 0.1) is 0 Å². The van der Waals surface area contributed by atoms with Crippen LogP contribution < -0.4 is 11.1 Å². The normalized spacial score (nSPS) is 22.8. The maximum absolute atomic E-state index is 11.5. The molecule has 1 amide bonds. The van der Waals surface area contributed by atoms with Gasteiger partial charge in [-0.2, -0.15) is 0 Å². The fraction of sp³-hybridized carbons (Fsp3) is 0.600. The van der Waals surface area contributed by atoms with Gasteiger partial charge in [-0.15, -0.1) is 0 Å². The van der Waals surface area contributed by atoms with Gasteiger partial charge in [0.1, 0.15) is 12.1 Å². The lowest BCUT2D eigenvalue weighted by Crippen LogP contribution is -2.45. The van der Waals surface area contributed by atoms with Gasteiger partial charge < -0.3 is 26.0 Å². The molecule has 0 saturated carbocycles. The molecule has 0 aromatic heterocycles. The van der Waals surface area contributed by atoms with Crippen molar-refractivity contribution in [1.29, 1.82) is 0 Å². The van der Waals surface area contributed by atoms with E-state index < -0.39 is 30.3 Å². The molecule has 1 rings (SSSR count). The van der Waals surface area contributed by atoms with Crippen LogP contribution in [0.1, 0.15) is 13.3 Å². The molecule has 0 spiro atoms. The van der Waals surface area contributed by atoms with E-state index in [1.54, 1.807) is 13.0 Å². The fourth-order valence-corrected chi connectivity index (χ4v) is 1.34. The number of rotatable bonds is 5. The molecule has 0 bridgehead atoms. The van der Waals surface area contributed by atoms with Crippen LogP contribution >= 0.6 is 0 Å². The molecule has 7 heteroatoms. The van der Waals surface area contributed by atoms with E-state index in [0.717, 1.165) is 5.57 Å². The number of hydrogen-bond acceptors (Lipinski definition) is 5. The lowest BCUT2D eigenvalue weighted by molar-refractivity contribution is -0.140. The first-order valence-corrected chi connectivity index (χ1v) is 5.17. The number of ether oxygens (including phenoxy) is 1. The summed E-state index contributed by atoms with van der Waals surface area (Å²) < 4.78 is 5.16. The third kappa shape index (κ3) is 3.81. The number of carboxylic acid groups (broad SMARTS) is 1. The number of aliphatic hydroxyl groups excluding tert-OH is 1. The van der Waals surface area contributed by atoms with E-state index in [-0.39, 0.29) is 6.42 Å². The fourth-order valence-electron chi connectivity index (χ4n) is 1.34. The topological polar surface area (TPSA) is 122 Å². The molecule has 3 atom stereocenters. The summed E-state index contributed by atoms with van der Waals surface area (Å²) in [5.41, 5.74) is 6.05. The molecule has 96 valence electrons. The van der Waals surface area contributed by atoms with Crippen molar-refractivity contribution >= 4 is 11.9 Å². The Labute approximate surface area is 98.2 Å². The van der Waals surface area contributed by atoms with Crippen LogP contribution in [0.5, 0.6) is 0 Å². The number of aliphatic hydroxyl groups is 1. The van der Waals surface area contributed by atoms with Crippen LogP contribution in [0.2, 0.25) is 0 Å². The second-order valence-corrected chi connectivity index (χ2v) is 3.87. The number of nitrogens with two attached hydrogens (primary N) is 1. The van der Waals surface area contributed by atoms with Gasteiger partial charge in [0, 0.05) is 6.42 Å². The van der Waals surface area contributed by atoms with Crippen molar-refractivity contribution in [3.05, 3.63) is 11.6 Å². The highest BCUT2D eigenvalue weighted by Gasteiger charge is 2.26. The Balaban J connectivity index is 2.42. The summed E-state index contributed by atoms with van der Waals surface area (Å²) in [5, 5.41) is 20.4. The predicted octanol–water partition coefficient (Wildman–Crippen LogP) is -1.43. The van der Waals surface area contributed by atoms with Gasteiger partial charge in [0.2, 0.25) is 0 Å². The second-order valence-electron chi connectivity index (χ2n) is 3.87. The Morgan fingerprint density at radius 2 is 2.35 bits per heavy atom. The van der Waals surface area contributed by atoms with Gasteiger partial charge >= 0.3 is 5.97 Å². The monoisotopic (exact) mass is 244 g/mol. The highest BCUT2D eigenvalue weighted by Crippen LogP contribution is 2.11. The van der Waals surface area contributed by atoms with Crippen molar-refractivity contribution in [1.82, 2.24) is 5.32 Å². The zero-order valence-corrected chi connectivity index (χ0v) is 9.42. The average molecular weight is 244 g/mol. The zero-order chi connectivity index (χ0) is 13.0. The molecule has 1 heterocycles. The number of carbonyl (C=O) groups excluding carboxylic acids is 1. The Morgan fingerprint density at radius 1 is 1.71 bits per heavy atom. The number of amides is 1. The highest BCUT2D eigenvalue weighted by atomic mass is 16.5. The van der Waals surface area contributed by atoms with E-state index in [2.05, 4.69) is 5.32 Å². The van der Waals surface area contributed by atoms with Gasteiger partial charge in [0.25, 0.3) is 5.91 Å². The van der Waals surface area contributed by atoms with E-state index in [4.69, 9.17) is 15.6 Å². The molecule has 1 aliphatic rings. The summed E-state index contributed by atoms with van der Waals surface area (Å²) >= 11 is 0. The SMILES string of the molecule is CC1=CCO[C@@H]1NC(=O)[C@@H](O)C[C@@H](N)C(=O)O. The van der Waals surface area contributed by atoms with E-state index in [1.165, 1.54) is 0 Å². The van der Waals surface area contributed by atoms with Crippen LogP contribution in [0.25, 0.3) is 0 Å². The van der Waals surface area contributed by atoms with Gasteiger partial charge in [-0.1, -0.05) is 6.08 Å². The summed E-state index contributed by atoms with van der Waals surface area (Å²) in [4.78, 5) is 21.9. The number of hydrogen-bond donors (Lipinski definition) is 4. The predicted molar refractivity (Wildman–Crippen MR) is 57.9 cm³/mol. The minimum Gasteiger partial charge on any atom is -0.480 e. The molecule has 5 N–H and O–H groups in total. The maximum atomic E-state index is 11.5. The van der Waals surface area contributed by atoms with E-state index in [1.807, 2.05) is 0 Å². The zero-order valence-electron chi connectivity index (χ0n) is 9.42. The van der Waals surface area contributed by atoms with Gasteiger partial charge in [-0.05, 0) is 12.5 Å². The molecular formula is C10H16N2O5. The van der Waals surface area contributed by atoms with Crippen molar-refractivity contribution < 1.29 is 24.5 Å². The molecule has 7 nitrogen and oxygen atoms in total. The largest absolute Gasteiger partial charge is 0.480 e. The average Bonchev–Trinajstić information content (AvgIpc) is 2.64. The Kier molecular flexibility index (Phi) is 4.62.